The molecule has 0 bridgehead atoms. The monoisotopic (exact) mass is 230 g/mol. The van der Waals surface area contributed by atoms with Crippen LogP contribution in [-0.2, 0) is 0 Å². The molecule has 84 valence electrons. The van der Waals surface area contributed by atoms with Gasteiger partial charge in [0.2, 0.25) is 0 Å². The molecule has 5 heteroatoms. The van der Waals surface area contributed by atoms with E-state index in [-0.39, 0.29) is 13.2 Å². The standard InChI is InChI=1S/C10H15ClN2O2/c1-10(15,6-14)5-13-9-3-2-7(12)4-8(9)11/h2-4,13-15H,5-6,12H2,1H3. The van der Waals surface area contributed by atoms with Crippen molar-refractivity contribution >= 4 is 23.0 Å². The lowest BCUT2D eigenvalue weighted by Gasteiger charge is -2.21. The Morgan fingerprint density at radius 1 is 1.53 bits per heavy atom. The first kappa shape index (κ1) is 12.1. The van der Waals surface area contributed by atoms with Gasteiger partial charge in [-0.3, -0.25) is 0 Å². The highest BCUT2D eigenvalue weighted by molar-refractivity contribution is 6.33. The minimum atomic E-state index is -1.16. The zero-order chi connectivity index (χ0) is 11.5. The molecule has 0 saturated carbocycles. The van der Waals surface area contributed by atoms with Crippen molar-refractivity contribution in [3.05, 3.63) is 23.2 Å². The lowest BCUT2D eigenvalue weighted by Crippen LogP contribution is -2.37. The molecule has 0 aliphatic carbocycles. The Balaban J connectivity index is 2.66. The Labute approximate surface area is 93.7 Å². The predicted octanol–water partition coefficient (Wildman–Crippen LogP) is 1.08. The van der Waals surface area contributed by atoms with Gasteiger partial charge in [0.25, 0.3) is 0 Å². The van der Waals surface area contributed by atoms with Crippen LogP contribution in [0.25, 0.3) is 0 Å². The maximum Gasteiger partial charge on any atom is 0.102 e. The van der Waals surface area contributed by atoms with Gasteiger partial charge >= 0.3 is 0 Å². The Kier molecular flexibility index (Phi) is 3.79. The SMILES string of the molecule is CC(O)(CO)CNc1ccc(N)cc1Cl. The van der Waals surface area contributed by atoms with E-state index in [2.05, 4.69) is 5.32 Å². The van der Waals surface area contributed by atoms with Gasteiger partial charge in [-0.05, 0) is 25.1 Å². The maximum absolute atomic E-state index is 9.55. The number of benzene rings is 1. The summed E-state index contributed by atoms with van der Waals surface area (Å²) in [7, 11) is 0. The Morgan fingerprint density at radius 2 is 2.20 bits per heavy atom. The van der Waals surface area contributed by atoms with Crippen LogP contribution < -0.4 is 11.1 Å². The van der Waals surface area contributed by atoms with Crippen molar-refractivity contribution < 1.29 is 10.2 Å². The molecule has 1 atom stereocenters. The molecule has 0 radical (unpaired) electrons. The van der Waals surface area contributed by atoms with Crippen molar-refractivity contribution in [3.8, 4) is 0 Å². The highest BCUT2D eigenvalue weighted by Crippen LogP contribution is 2.24. The Hall–Kier alpha value is -0.970. The number of rotatable bonds is 4. The zero-order valence-electron chi connectivity index (χ0n) is 8.50. The fraction of sp³-hybridized carbons (Fsp3) is 0.400. The van der Waals surface area contributed by atoms with E-state index in [4.69, 9.17) is 22.4 Å². The summed E-state index contributed by atoms with van der Waals surface area (Å²) in [5.74, 6) is 0. The van der Waals surface area contributed by atoms with Gasteiger partial charge in [0.15, 0.2) is 0 Å². The summed E-state index contributed by atoms with van der Waals surface area (Å²) in [6, 6.07) is 5.06. The van der Waals surface area contributed by atoms with Gasteiger partial charge in [-0.25, -0.2) is 0 Å². The molecule has 1 unspecified atom stereocenters. The zero-order valence-corrected chi connectivity index (χ0v) is 9.25. The largest absolute Gasteiger partial charge is 0.399 e. The molecule has 0 fully saturated rings. The molecule has 0 amide bonds. The summed E-state index contributed by atoms with van der Waals surface area (Å²) in [6.45, 7) is 1.44. The second-order valence-corrected chi connectivity index (χ2v) is 4.16. The van der Waals surface area contributed by atoms with Crippen LogP contribution in [0.15, 0.2) is 18.2 Å². The summed E-state index contributed by atoms with van der Waals surface area (Å²) in [6.07, 6.45) is 0. The molecule has 5 N–H and O–H groups in total. The van der Waals surface area contributed by atoms with Gasteiger partial charge in [-0.15, -0.1) is 0 Å². The molecule has 0 aliphatic heterocycles. The summed E-state index contributed by atoms with van der Waals surface area (Å²) >= 11 is 5.91. The Morgan fingerprint density at radius 3 is 2.73 bits per heavy atom. The first-order chi connectivity index (χ1) is 6.94. The highest BCUT2D eigenvalue weighted by atomic mass is 35.5. The molecule has 1 rings (SSSR count). The van der Waals surface area contributed by atoms with Crippen LogP contribution in [0, 0.1) is 0 Å². The second-order valence-electron chi connectivity index (χ2n) is 3.75. The Bertz CT molecular complexity index is 342. The van der Waals surface area contributed by atoms with Crippen molar-refractivity contribution in [2.24, 2.45) is 0 Å². The van der Waals surface area contributed by atoms with E-state index in [9.17, 15) is 5.11 Å². The lowest BCUT2D eigenvalue weighted by molar-refractivity contribution is 0.0132. The number of halogens is 1. The van der Waals surface area contributed by atoms with E-state index in [0.717, 1.165) is 0 Å². The molecule has 4 nitrogen and oxygen atoms in total. The van der Waals surface area contributed by atoms with E-state index in [1.807, 2.05) is 0 Å². The van der Waals surface area contributed by atoms with Crippen molar-refractivity contribution in [2.75, 3.05) is 24.2 Å². The number of aliphatic hydroxyl groups excluding tert-OH is 1. The number of hydrogen-bond acceptors (Lipinski definition) is 4. The molecule has 0 heterocycles. The summed E-state index contributed by atoms with van der Waals surface area (Å²) in [5, 5.41) is 21.8. The quantitative estimate of drug-likeness (QED) is 0.584. The van der Waals surface area contributed by atoms with Crippen LogP contribution in [-0.4, -0.2) is 29.0 Å². The van der Waals surface area contributed by atoms with Gasteiger partial charge in [-0.2, -0.15) is 0 Å². The second kappa shape index (κ2) is 4.70. The molecule has 15 heavy (non-hydrogen) atoms. The van der Waals surface area contributed by atoms with Gasteiger partial charge in [0, 0.05) is 12.2 Å². The van der Waals surface area contributed by atoms with Gasteiger partial charge in [0.1, 0.15) is 5.60 Å². The number of nitrogens with one attached hydrogen (secondary N) is 1. The van der Waals surface area contributed by atoms with Gasteiger partial charge in [-0.1, -0.05) is 11.6 Å². The topological polar surface area (TPSA) is 78.5 Å². The molecule has 0 aromatic heterocycles. The summed E-state index contributed by atoms with van der Waals surface area (Å²) in [4.78, 5) is 0. The predicted molar refractivity (Wildman–Crippen MR) is 62.1 cm³/mol. The van der Waals surface area contributed by atoms with Crippen molar-refractivity contribution in [1.82, 2.24) is 0 Å². The highest BCUT2D eigenvalue weighted by Gasteiger charge is 2.18. The third-order valence-electron chi connectivity index (χ3n) is 1.99. The van der Waals surface area contributed by atoms with E-state index in [1.165, 1.54) is 6.92 Å². The first-order valence-corrected chi connectivity index (χ1v) is 4.94. The van der Waals surface area contributed by atoms with Crippen LogP contribution in [0.4, 0.5) is 11.4 Å². The fourth-order valence-electron chi connectivity index (χ4n) is 1.02. The lowest BCUT2D eigenvalue weighted by atomic mass is 10.1. The number of nitrogens with two attached hydrogens (primary N) is 1. The third kappa shape index (κ3) is 3.58. The maximum atomic E-state index is 9.55. The molecule has 1 aromatic carbocycles. The molecular formula is C10H15ClN2O2. The molecule has 0 saturated heterocycles. The molecule has 0 spiro atoms. The number of nitrogen functional groups attached to an aromatic ring is 1. The van der Waals surface area contributed by atoms with E-state index >= 15 is 0 Å². The summed E-state index contributed by atoms with van der Waals surface area (Å²) in [5.41, 5.74) is 5.64. The average Bonchev–Trinajstić information content (AvgIpc) is 2.16. The summed E-state index contributed by atoms with van der Waals surface area (Å²) < 4.78 is 0. The van der Waals surface area contributed by atoms with Gasteiger partial charge < -0.3 is 21.3 Å². The van der Waals surface area contributed by atoms with Crippen LogP contribution in [0.5, 0.6) is 0 Å². The van der Waals surface area contributed by atoms with E-state index in [1.54, 1.807) is 18.2 Å². The minimum absolute atomic E-state index is 0.215. The van der Waals surface area contributed by atoms with Crippen molar-refractivity contribution in [2.45, 2.75) is 12.5 Å². The van der Waals surface area contributed by atoms with Crippen LogP contribution >= 0.6 is 11.6 Å². The van der Waals surface area contributed by atoms with Crippen molar-refractivity contribution in [1.29, 1.82) is 0 Å². The van der Waals surface area contributed by atoms with Crippen LogP contribution in [0.2, 0.25) is 5.02 Å². The normalized spacial score (nSPS) is 14.7. The minimum Gasteiger partial charge on any atom is -0.399 e. The number of anilines is 2. The van der Waals surface area contributed by atoms with Crippen LogP contribution in [0.3, 0.4) is 0 Å². The van der Waals surface area contributed by atoms with Crippen molar-refractivity contribution in [3.63, 3.8) is 0 Å². The average molecular weight is 231 g/mol. The van der Waals surface area contributed by atoms with Gasteiger partial charge in [0.05, 0.1) is 17.3 Å². The third-order valence-corrected chi connectivity index (χ3v) is 2.31. The van der Waals surface area contributed by atoms with Crippen LogP contribution in [0.1, 0.15) is 6.92 Å². The molecule has 1 aromatic rings. The van der Waals surface area contributed by atoms with E-state index in [0.29, 0.717) is 16.4 Å². The number of aliphatic hydroxyl groups is 2. The smallest absolute Gasteiger partial charge is 0.102 e. The van der Waals surface area contributed by atoms with E-state index < -0.39 is 5.60 Å². The molecule has 0 aliphatic rings. The first-order valence-electron chi connectivity index (χ1n) is 4.57. The molecular weight excluding hydrogens is 216 g/mol. The number of hydrogen-bond donors (Lipinski definition) is 4. The fourth-order valence-corrected chi connectivity index (χ4v) is 1.27.